The Balaban J connectivity index is 0.000000223. The average molecular weight is 993 g/mol. The highest BCUT2D eigenvalue weighted by Crippen LogP contribution is 2.33. The molecule has 0 saturated carbocycles. The summed E-state index contributed by atoms with van der Waals surface area (Å²) in [6.07, 6.45) is 2.35. The van der Waals surface area contributed by atoms with Gasteiger partial charge in [0.2, 0.25) is 23.5 Å². The first-order valence-corrected chi connectivity index (χ1v) is 23.3. The molecule has 20 nitrogen and oxygen atoms in total. The minimum Gasteiger partial charge on any atom is -0.493 e. The minimum absolute atomic E-state index is 0.0273. The second-order valence-corrected chi connectivity index (χ2v) is 17.2. The number of benzene rings is 4. The summed E-state index contributed by atoms with van der Waals surface area (Å²) >= 11 is 0. The number of carboxylic acids is 1. The number of amidine groups is 1. The van der Waals surface area contributed by atoms with E-state index < -0.39 is 5.97 Å². The molecule has 7 rings (SSSR count). The van der Waals surface area contributed by atoms with Crippen LogP contribution >= 0.6 is 0 Å². The maximum atomic E-state index is 12.6. The number of likely N-dealkylation sites (tertiary alicyclic amines) is 2. The van der Waals surface area contributed by atoms with Gasteiger partial charge in [0.1, 0.15) is 0 Å². The lowest BCUT2D eigenvalue weighted by Gasteiger charge is -2.30. The first kappa shape index (κ1) is 54.8. The second kappa shape index (κ2) is 26.2. The van der Waals surface area contributed by atoms with Gasteiger partial charge in [0.15, 0.2) is 28.8 Å². The molecule has 1 aromatic heterocycles. The van der Waals surface area contributed by atoms with Crippen LogP contribution in [0.4, 0.5) is 0 Å². The van der Waals surface area contributed by atoms with E-state index in [1.54, 1.807) is 79.7 Å². The van der Waals surface area contributed by atoms with E-state index in [1.807, 2.05) is 52.0 Å². The zero-order valence-electron chi connectivity index (χ0n) is 41.9. The van der Waals surface area contributed by atoms with Crippen molar-refractivity contribution in [3.05, 3.63) is 118 Å². The van der Waals surface area contributed by atoms with Crippen LogP contribution in [0.25, 0.3) is 11.4 Å². The number of ether oxygens (including phenoxy) is 4. The number of aryl methyl sites for hydroxylation is 4. The average Bonchev–Trinajstić information content (AvgIpc) is 3.91. The van der Waals surface area contributed by atoms with Gasteiger partial charge in [-0.05, 0) is 136 Å². The van der Waals surface area contributed by atoms with Crippen LogP contribution in [0.1, 0.15) is 86.0 Å². The molecule has 2 fully saturated rings. The Morgan fingerprint density at radius 1 is 0.639 bits per heavy atom. The first-order valence-electron chi connectivity index (χ1n) is 23.3. The van der Waals surface area contributed by atoms with Gasteiger partial charge in [-0.3, -0.25) is 24.0 Å². The Morgan fingerprint density at radius 2 is 1.10 bits per heavy atom. The molecule has 3 heterocycles. The number of nitrogens with two attached hydrogens (primary N) is 1. The zero-order valence-corrected chi connectivity index (χ0v) is 41.9. The Labute approximate surface area is 418 Å². The van der Waals surface area contributed by atoms with E-state index in [4.69, 9.17) is 39.5 Å². The Kier molecular flexibility index (Phi) is 19.9. The predicted molar refractivity (Wildman–Crippen MR) is 267 cm³/mol. The maximum Gasteiger partial charge on any atom is 0.306 e. The van der Waals surface area contributed by atoms with Gasteiger partial charge in [-0.25, -0.2) is 0 Å². The number of hydrogen-bond acceptors (Lipinski definition) is 14. The van der Waals surface area contributed by atoms with E-state index >= 15 is 0 Å². The van der Waals surface area contributed by atoms with Gasteiger partial charge >= 0.3 is 5.97 Å². The van der Waals surface area contributed by atoms with Gasteiger partial charge in [-0.2, -0.15) is 4.98 Å². The molecule has 0 unspecified atom stereocenters. The monoisotopic (exact) mass is 992 g/mol. The predicted octanol–water partition coefficient (Wildman–Crippen LogP) is 5.66. The summed E-state index contributed by atoms with van der Waals surface area (Å²) in [5.74, 6) is 1.53. The van der Waals surface area contributed by atoms with Crippen LogP contribution < -0.4 is 35.3 Å². The van der Waals surface area contributed by atoms with Crippen molar-refractivity contribution in [3.63, 3.8) is 0 Å². The number of aliphatic carboxylic acids is 1. The van der Waals surface area contributed by atoms with E-state index in [0.717, 1.165) is 27.8 Å². The number of oxime groups is 1. The fourth-order valence-corrected chi connectivity index (χ4v) is 7.80. The Bertz CT molecular complexity index is 2720. The molecule has 0 spiro atoms. The molecule has 0 atom stereocenters. The van der Waals surface area contributed by atoms with Crippen LogP contribution in [0.5, 0.6) is 23.0 Å². The molecule has 5 aromatic rings. The third kappa shape index (κ3) is 14.7. The van der Waals surface area contributed by atoms with E-state index in [-0.39, 0.29) is 54.4 Å². The smallest absolute Gasteiger partial charge is 0.306 e. The molecule has 2 aliphatic heterocycles. The van der Waals surface area contributed by atoms with Crippen molar-refractivity contribution in [1.29, 1.82) is 0 Å². The van der Waals surface area contributed by atoms with Crippen LogP contribution in [-0.2, 0) is 14.4 Å². The molecular weight excluding hydrogens is 929 g/mol. The first-order chi connectivity index (χ1) is 34.5. The summed E-state index contributed by atoms with van der Waals surface area (Å²) in [5.41, 5.74) is 12.1. The number of nitrogens with one attached hydrogen (secondary N) is 2. The van der Waals surface area contributed by atoms with Crippen LogP contribution in [0.15, 0.2) is 82.5 Å². The molecular formula is C52H64N8O12. The Morgan fingerprint density at radius 3 is 1.56 bits per heavy atom. The number of rotatable bonds is 14. The number of nitrogens with zero attached hydrogens (tertiary/aromatic N) is 5. The van der Waals surface area contributed by atoms with Crippen LogP contribution in [-0.4, -0.2) is 133 Å². The van der Waals surface area contributed by atoms with Crippen molar-refractivity contribution in [2.24, 2.45) is 16.8 Å². The van der Waals surface area contributed by atoms with E-state index in [2.05, 4.69) is 25.9 Å². The van der Waals surface area contributed by atoms with Crippen molar-refractivity contribution < 1.29 is 57.8 Å². The summed E-state index contributed by atoms with van der Waals surface area (Å²) in [6, 6.07) is 21.4. The third-order valence-electron chi connectivity index (χ3n) is 12.6. The molecule has 384 valence electrons. The molecule has 20 heteroatoms. The van der Waals surface area contributed by atoms with Gasteiger partial charge in [-0.15, -0.1) is 0 Å². The maximum absolute atomic E-state index is 12.6. The van der Waals surface area contributed by atoms with Crippen molar-refractivity contribution in [3.8, 4) is 34.4 Å². The van der Waals surface area contributed by atoms with E-state index in [0.29, 0.717) is 103 Å². The molecule has 4 amide bonds. The van der Waals surface area contributed by atoms with Gasteiger partial charge < -0.3 is 60.0 Å². The number of methoxy groups -OCH3 is 4. The minimum atomic E-state index is -0.805. The molecule has 2 saturated heterocycles. The second-order valence-electron chi connectivity index (χ2n) is 17.2. The van der Waals surface area contributed by atoms with Gasteiger partial charge in [-0.1, -0.05) is 22.4 Å². The van der Waals surface area contributed by atoms with Gasteiger partial charge in [0, 0.05) is 54.4 Å². The van der Waals surface area contributed by atoms with E-state index in [9.17, 15) is 24.0 Å². The molecule has 72 heavy (non-hydrogen) atoms. The van der Waals surface area contributed by atoms with Crippen molar-refractivity contribution in [2.75, 3.05) is 67.7 Å². The van der Waals surface area contributed by atoms with Gasteiger partial charge in [0.25, 0.3) is 11.8 Å². The van der Waals surface area contributed by atoms with E-state index in [1.165, 1.54) is 7.11 Å². The molecule has 4 aromatic carbocycles. The highest BCUT2D eigenvalue weighted by Gasteiger charge is 2.29. The quantitative estimate of drug-likeness (QED) is 0.0389. The number of hydrogen-bond donors (Lipinski definition) is 5. The number of carbonyl (C=O) groups is 5. The third-order valence-corrected chi connectivity index (χ3v) is 12.6. The fourth-order valence-electron chi connectivity index (χ4n) is 7.80. The Hall–Kier alpha value is -8.16. The summed E-state index contributed by atoms with van der Waals surface area (Å²) in [4.78, 5) is 68.1. The molecule has 0 aliphatic carbocycles. The van der Waals surface area contributed by atoms with Crippen molar-refractivity contribution >= 4 is 35.4 Å². The fraction of sp³-hybridized carbons (Fsp3) is 0.385. The summed E-state index contributed by atoms with van der Waals surface area (Å²) in [6.45, 7) is 9.75. The summed E-state index contributed by atoms with van der Waals surface area (Å²) in [7, 11) is 6.22. The van der Waals surface area contributed by atoms with Crippen molar-refractivity contribution in [2.45, 2.75) is 59.3 Å². The van der Waals surface area contributed by atoms with Crippen LogP contribution in [0, 0.1) is 33.6 Å². The lowest BCUT2D eigenvalue weighted by atomic mass is 9.96. The number of aromatic nitrogens is 2. The number of carbonyl (C=O) groups excluding carboxylic acids is 4. The standard InChI is InChI=1S/C26H30N4O5.C17H22N2O4.C9H12N2O3/c1-16-5-6-20(13-17(16)2)25(32)27-15-23(31)30-11-9-18(10-12-30)26-28-24(29-35-26)19-7-8-21(33-3)22(14-19)34-4;1-11-3-4-14(9-12(11)2)16(21)18-10-15(20)19-7-5-13(6-8-19)17(22)23;1-13-7-4-3-6(9(10)11-12)5-8(7)14-2/h5-8,13-14,18H,9-12,15H2,1-4H3,(H,27,32);3-4,9,13H,5-8,10H2,1-2H3,(H,18,21)(H,22,23);3-5,12H,1-2H3,(H2,10,11). The lowest BCUT2D eigenvalue weighted by Crippen LogP contribution is -2.45. The topological polar surface area (TPSA) is 271 Å². The van der Waals surface area contributed by atoms with Gasteiger partial charge in [0.05, 0.1) is 47.4 Å². The summed E-state index contributed by atoms with van der Waals surface area (Å²) < 4.78 is 26.3. The summed E-state index contributed by atoms with van der Waals surface area (Å²) in [5, 5.41) is 29.8. The molecule has 0 bridgehead atoms. The van der Waals surface area contributed by atoms with Crippen LogP contribution in [0.2, 0.25) is 0 Å². The van der Waals surface area contributed by atoms with Crippen molar-refractivity contribution in [1.82, 2.24) is 30.6 Å². The normalized spacial score (nSPS) is 13.9. The highest BCUT2D eigenvalue weighted by atomic mass is 16.5. The number of piperidine rings is 2. The largest absolute Gasteiger partial charge is 0.493 e. The highest BCUT2D eigenvalue weighted by molar-refractivity contribution is 5.98. The lowest BCUT2D eigenvalue weighted by molar-refractivity contribution is -0.145. The SMILES string of the molecule is COc1ccc(-c2noc(C3CCN(C(=O)CNC(=O)c4ccc(C)c(C)c4)CC3)n2)cc1OC.COc1ccc(C(N)=NO)cc1OC.Cc1ccc(C(=O)NCC(=O)N2CCC(C(=O)O)CC2)cc1C. The molecule has 2 aliphatic rings. The zero-order chi connectivity index (χ0) is 52.5. The number of carboxylic acid groups (broad SMARTS) is 1. The molecule has 6 N–H and O–H groups in total. The van der Waals surface area contributed by atoms with Crippen LogP contribution in [0.3, 0.4) is 0 Å². The molecule has 0 radical (unpaired) electrons. The number of amides is 4.